The van der Waals surface area contributed by atoms with Gasteiger partial charge in [-0.15, -0.1) is 0 Å². The van der Waals surface area contributed by atoms with E-state index in [0.717, 1.165) is 0 Å². The lowest BCUT2D eigenvalue weighted by atomic mass is 9.89. The Kier molecular flexibility index (Phi) is 9.72. The average molecular weight is 653 g/mol. The second kappa shape index (κ2) is 13.6. The van der Waals surface area contributed by atoms with E-state index in [0.29, 0.717) is 17.2 Å². The average Bonchev–Trinajstić information content (AvgIpc) is 3.03. The van der Waals surface area contributed by atoms with E-state index in [-0.39, 0.29) is 27.8 Å². The molecule has 1 aliphatic rings. The molecule has 47 heavy (non-hydrogen) atoms. The zero-order chi connectivity index (χ0) is 34.0. The molecule has 3 aromatic carbocycles. The van der Waals surface area contributed by atoms with Crippen LogP contribution in [0.3, 0.4) is 0 Å². The van der Waals surface area contributed by atoms with Crippen LogP contribution >= 0.6 is 0 Å². The van der Waals surface area contributed by atoms with Gasteiger partial charge in [0.25, 0.3) is 5.91 Å². The van der Waals surface area contributed by atoms with Crippen LogP contribution in [-0.4, -0.2) is 72.1 Å². The van der Waals surface area contributed by atoms with Gasteiger partial charge in [0.1, 0.15) is 46.9 Å². The van der Waals surface area contributed by atoms with E-state index in [4.69, 9.17) is 38.6 Å². The second-order valence-electron chi connectivity index (χ2n) is 11.3. The number of methoxy groups -OCH3 is 2. The van der Waals surface area contributed by atoms with Crippen LogP contribution in [-0.2, 0) is 14.2 Å². The molecule has 2 heterocycles. The summed E-state index contributed by atoms with van der Waals surface area (Å²) in [5, 5.41) is 34.2. The number of fused-ring (bicyclic) bond motifs is 1. The first-order valence-electron chi connectivity index (χ1n) is 14.5. The molecule has 14 heteroatoms. The van der Waals surface area contributed by atoms with Crippen LogP contribution in [0.4, 0.5) is 5.69 Å². The topological polar surface area (TPSA) is 201 Å². The fourth-order valence-corrected chi connectivity index (χ4v) is 5.41. The number of rotatable bonds is 10. The van der Waals surface area contributed by atoms with Gasteiger partial charge >= 0.3 is 5.63 Å². The lowest BCUT2D eigenvalue weighted by Crippen LogP contribution is -2.65. The van der Waals surface area contributed by atoms with Crippen molar-refractivity contribution in [2.75, 3.05) is 19.5 Å². The SMILES string of the molecule is COc1cccc(Oc2cccc(C(=O)Nc3c(O)c4ccc(O[C@@H]5OC(C)(C)[C@H](OC)[C@@H](OC(N)O)[C@H]5O)c(C)c4oc3=O)c2)c1. The molecule has 14 nitrogen and oxygen atoms in total. The van der Waals surface area contributed by atoms with Crippen molar-refractivity contribution >= 4 is 22.6 Å². The lowest BCUT2D eigenvalue weighted by molar-refractivity contribution is -0.329. The van der Waals surface area contributed by atoms with Gasteiger partial charge in [0.2, 0.25) is 12.7 Å². The summed E-state index contributed by atoms with van der Waals surface area (Å²) in [5.74, 6) is 0.371. The molecule has 5 atom stereocenters. The van der Waals surface area contributed by atoms with Gasteiger partial charge in [-0.25, -0.2) is 4.79 Å². The first kappa shape index (κ1) is 33.7. The molecule has 1 saturated heterocycles. The third-order valence-electron chi connectivity index (χ3n) is 7.67. The fraction of sp³-hybridized carbons (Fsp3) is 0.333. The minimum absolute atomic E-state index is 0.0267. The molecule has 1 aromatic heterocycles. The Morgan fingerprint density at radius 1 is 1.04 bits per heavy atom. The predicted octanol–water partition coefficient (Wildman–Crippen LogP) is 3.37. The third-order valence-corrected chi connectivity index (χ3v) is 7.67. The van der Waals surface area contributed by atoms with Crippen molar-refractivity contribution in [3.8, 4) is 28.7 Å². The van der Waals surface area contributed by atoms with E-state index in [2.05, 4.69) is 5.32 Å². The van der Waals surface area contributed by atoms with E-state index in [9.17, 15) is 24.9 Å². The highest BCUT2D eigenvalue weighted by atomic mass is 16.7. The molecule has 0 radical (unpaired) electrons. The molecule has 0 bridgehead atoms. The van der Waals surface area contributed by atoms with Crippen LogP contribution in [0, 0.1) is 6.92 Å². The molecular formula is C33H36N2O12. The summed E-state index contributed by atoms with van der Waals surface area (Å²) in [6.07, 6.45) is -6.43. The maximum Gasteiger partial charge on any atom is 0.364 e. The van der Waals surface area contributed by atoms with Gasteiger partial charge in [-0.1, -0.05) is 12.1 Å². The van der Waals surface area contributed by atoms with Crippen molar-refractivity contribution < 1.29 is 53.0 Å². The number of hydrogen-bond donors (Lipinski definition) is 5. The highest BCUT2D eigenvalue weighted by Crippen LogP contribution is 2.39. The van der Waals surface area contributed by atoms with Crippen molar-refractivity contribution in [3.63, 3.8) is 0 Å². The standard InChI is InChI=1S/C33H36N2O12/c1-16-22(44-31-25(37)27(46-32(34)40)28(42-5)33(2,3)47-31)13-12-21-24(36)23(30(39)45-26(16)21)35-29(38)17-8-6-10-19(14-17)43-20-11-7-9-18(15-20)41-4/h6-15,25,27-28,31-32,36-37,40H,34H2,1-5H3,(H,35,38)/t25-,27+,28-,31-,32?/m1/s1. The van der Waals surface area contributed by atoms with Crippen LogP contribution in [0.2, 0.25) is 0 Å². The normalized spacial score (nSPS) is 21.2. The number of aromatic hydroxyl groups is 1. The van der Waals surface area contributed by atoms with Crippen LogP contribution in [0.1, 0.15) is 29.8 Å². The Balaban J connectivity index is 1.38. The molecule has 0 aliphatic carbocycles. The smallest absolute Gasteiger partial charge is 0.364 e. The summed E-state index contributed by atoms with van der Waals surface area (Å²) in [5.41, 5.74) is 3.28. The van der Waals surface area contributed by atoms with Crippen LogP contribution in [0.25, 0.3) is 11.0 Å². The maximum atomic E-state index is 13.1. The first-order chi connectivity index (χ1) is 22.3. The minimum atomic E-state index is -1.70. The van der Waals surface area contributed by atoms with Gasteiger partial charge in [-0.2, -0.15) is 0 Å². The zero-order valence-corrected chi connectivity index (χ0v) is 26.3. The monoisotopic (exact) mass is 652 g/mol. The number of aliphatic hydroxyl groups excluding tert-OH is 2. The van der Waals surface area contributed by atoms with Gasteiger partial charge in [-0.3, -0.25) is 10.5 Å². The second-order valence-corrected chi connectivity index (χ2v) is 11.3. The summed E-state index contributed by atoms with van der Waals surface area (Å²) >= 11 is 0. The number of hydrogen-bond acceptors (Lipinski definition) is 13. The van der Waals surface area contributed by atoms with Gasteiger partial charge in [-0.05, 0) is 63.2 Å². The van der Waals surface area contributed by atoms with E-state index in [1.54, 1.807) is 57.2 Å². The van der Waals surface area contributed by atoms with E-state index < -0.39 is 59.6 Å². The molecule has 4 aromatic rings. The van der Waals surface area contributed by atoms with Crippen molar-refractivity contribution in [2.45, 2.75) is 57.4 Å². The van der Waals surface area contributed by atoms with Crippen molar-refractivity contribution in [1.82, 2.24) is 0 Å². The Hall–Kier alpha value is -4.70. The van der Waals surface area contributed by atoms with Gasteiger partial charge in [0.15, 0.2) is 11.4 Å². The highest BCUT2D eigenvalue weighted by molar-refractivity contribution is 6.06. The van der Waals surface area contributed by atoms with Crippen molar-refractivity contribution in [1.29, 1.82) is 0 Å². The van der Waals surface area contributed by atoms with Crippen molar-refractivity contribution in [2.24, 2.45) is 5.73 Å². The predicted molar refractivity (Wildman–Crippen MR) is 168 cm³/mol. The van der Waals surface area contributed by atoms with E-state index in [1.807, 2.05) is 0 Å². The molecule has 0 saturated carbocycles. The van der Waals surface area contributed by atoms with Gasteiger partial charge < -0.3 is 53.5 Å². The lowest BCUT2D eigenvalue weighted by Gasteiger charge is -2.48. The number of aliphatic hydroxyl groups is 2. The number of aryl methyl sites for hydroxylation is 1. The molecule has 250 valence electrons. The van der Waals surface area contributed by atoms with E-state index >= 15 is 0 Å². The van der Waals surface area contributed by atoms with Crippen molar-refractivity contribution in [3.05, 3.63) is 82.2 Å². The number of ether oxygens (including phenoxy) is 6. The Labute approximate surface area is 269 Å². The summed E-state index contributed by atoms with van der Waals surface area (Å²) in [6, 6.07) is 16.1. The number of carbonyl (C=O) groups is 1. The first-order valence-corrected chi connectivity index (χ1v) is 14.5. The van der Waals surface area contributed by atoms with Crippen LogP contribution in [0.15, 0.2) is 69.9 Å². The quantitative estimate of drug-likeness (QED) is 0.123. The fourth-order valence-electron chi connectivity index (χ4n) is 5.41. The number of anilines is 1. The van der Waals surface area contributed by atoms with Crippen LogP contribution in [0.5, 0.6) is 28.7 Å². The summed E-state index contributed by atoms with van der Waals surface area (Å²) in [7, 11) is 2.94. The van der Waals surface area contributed by atoms with Gasteiger partial charge in [0.05, 0.1) is 18.1 Å². The maximum absolute atomic E-state index is 13.1. The molecule has 1 unspecified atom stereocenters. The summed E-state index contributed by atoms with van der Waals surface area (Å²) < 4.78 is 39.3. The summed E-state index contributed by atoms with van der Waals surface area (Å²) in [6.45, 7) is 4.95. The largest absolute Gasteiger partial charge is 0.505 e. The molecular weight excluding hydrogens is 616 g/mol. The van der Waals surface area contributed by atoms with Crippen LogP contribution < -0.4 is 30.9 Å². The Bertz CT molecular complexity index is 1820. The Morgan fingerprint density at radius 2 is 1.72 bits per heavy atom. The summed E-state index contributed by atoms with van der Waals surface area (Å²) in [4.78, 5) is 26.2. The minimum Gasteiger partial charge on any atom is -0.505 e. The number of carbonyl (C=O) groups excluding carboxylic acids is 1. The molecule has 0 spiro atoms. The molecule has 1 fully saturated rings. The Morgan fingerprint density at radius 3 is 2.40 bits per heavy atom. The molecule has 1 amide bonds. The molecule has 6 N–H and O–H groups in total. The number of benzene rings is 3. The van der Waals surface area contributed by atoms with Gasteiger partial charge in [0, 0.05) is 24.3 Å². The molecule has 1 aliphatic heterocycles. The van der Waals surface area contributed by atoms with E-state index in [1.165, 1.54) is 38.5 Å². The third kappa shape index (κ3) is 7.02. The molecule has 5 rings (SSSR count). The zero-order valence-electron chi connectivity index (χ0n) is 26.3. The number of nitrogens with one attached hydrogen (secondary N) is 1. The highest BCUT2D eigenvalue weighted by Gasteiger charge is 2.52. The number of nitrogens with two attached hydrogens (primary N) is 1. The number of amides is 1.